The SMILES string of the molecule is COc1ccc(CN(C)C(=O)C2CCCN(Cc3nc(-c4ccc(Cl)cc4)no3)C2)cc1. The lowest BCUT2D eigenvalue weighted by Crippen LogP contribution is -2.43. The number of methoxy groups -OCH3 is 1. The van der Waals surface area contributed by atoms with Crippen molar-refractivity contribution in [3.8, 4) is 17.1 Å². The minimum atomic E-state index is -0.0364. The molecule has 1 saturated heterocycles. The van der Waals surface area contributed by atoms with Crippen LogP contribution in [0.25, 0.3) is 11.4 Å². The first kappa shape index (κ1) is 22.3. The van der Waals surface area contributed by atoms with Gasteiger partial charge in [0, 0.05) is 30.7 Å². The van der Waals surface area contributed by atoms with Gasteiger partial charge in [0.1, 0.15) is 5.75 Å². The van der Waals surface area contributed by atoms with Crippen LogP contribution in [0.4, 0.5) is 0 Å². The first-order valence-corrected chi connectivity index (χ1v) is 11.1. The lowest BCUT2D eigenvalue weighted by molar-refractivity contribution is -0.136. The van der Waals surface area contributed by atoms with Crippen LogP contribution in [-0.4, -0.2) is 53.1 Å². The summed E-state index contributed by atoms with van der Waals surface area (Å²) in [5.74, 6) is 2.03. The summed E-state index contributed by atoms with van der Waals surface area (Å²) in [7, 11) is 3.51. The smallest absolute Gasteiger partial charge is 0.241 e. The maximum atomic E-state index is 13.1. The summed E-state index contributed by atoms with van der Waals surface area (Å²) < 4.78 is 10.7. The van der Waals surface area contributed by atoms with E-state index >= 15 is 0 Å². The van der Waals surface area contributed by atoms with E-state index < -0.39 is 0 Å². The molecule has 32 heavy (non-hydrogen) atoms. The molecule has 1 fully saturated rings. The summed E-state index contributed by atoms with van der Waals surface area (Å²) in [5.41, 5.74) is 1.94. The summed E-state index contributed by atoms with van der Waals surface area (Å²) in [6, 6.07) is 15.1. The number of amides is 1. The van der Waals surface area contributed by atoms with Gasteiger partial charge in [0.05, 0.1) is 19.6 Å². The number of ether oxygens (including phenoxy) is 1. The number of carbonyl (C=O) groups excluding carboxylic acids is 1. The Labute approximate surface area is 192 Å². The number of halogens is 1. The van der Waals surface area contributed by atoms with Gasteiger partial charge in [-0.2, -0.15) is 4.98 Å². The molecular weight excluding hydrogens is 428 g/mol. The topological polar surface area (TPSA) is 71.7 Å². The van der Waals surface area contributed by atoms with Gasteiger partial charge in [-0.1, -0.05) is 28.9 Å². The quantitative estimate of drug-likeness (QED) is 0.531. The van der Waals surface area contributed by atoms with E-state index in [1.165, 1.54) is 0 Å². The van der Waals surface area contributed by atoms with Gasteiger partial charge < -0.3 is 14.2 Å². The van der Waals surface area contributed by atoms with Crippen LogP contribution < -0.4 is 4.74 Å². The summed E-state index contributed by atoms with van der Waals surface area (Å²) in [6.45, 7) is 2.70. The molecular formula is C24H27ClN4O3. The van der Waals surface area contributed by atoms with E-state index in [-0.39, 0.29) is 11.8 Å². The molecule has 0 spiro atoms. The van der Waals surface area contributed by atoms with Gasteiger partial charge in [0.15, 0.2) is 0 Å². The van der Waals surface area contributed by atoms with Crippen LogP contribution in [0.15, 0.2) is 53.1 Å². The lowest BCUT2D eigenvalue weighted by Gasteiger charge is -2.33. The van der Waals surface area contributed by atoms with Gasteiger partial charge in [0.25, 0.3) is 0 Å². The molecule has 3 aromatic rings. The Morgan fingerprint density at radius 3 is 2.69 bits per heavy atom. The largest absolute Gasteiger partial charge is 0.497 e. The Morgan fingerprint density at radius 2 is 1.97 bits per heavy atom. The molecule has 8 heteroatoms. The van der Waals surface area contributed by atoms with Crippen LogP contribution >= 0.6 is 11.6 Å². The van der Waals surface area contributed by atoms with Gasteiger partial charge in [-0.15, -0.1) is 0 Å². The lowest BCUT2D eigenvalue weighted by atomic mass is 9.96. The van der Waals surface area contributed by atoms with Crippen molar-refractivity contribution in [1.29, 1.82) is 0 Å². The molecule has 2 heterocycles. The van der Waals surface area contributed by atoms with E-state index in [4.69, 9.17) is 20.9 Å². The molecule has 168 valence electrons. The zero-order valence-corrected chi connectivity index (χ0v) is 19.1. The standard InChI is InChI=1S/C24H27ClN4O3/c1-28(14-17-5-11-21(31-2)12-6-17)24(30)19-4-3-13-29(15-19)16-22-26-23(27-32-22)18-7-9-20(25)10-8-18/h5-12,19H,3-4,13-16H2,1-2H3. The number of carbonyl (C=O) groups is 1. The molecule has 1 atom stereocenters. The fraction of sp³-hybridized carbons (Fsp3) is 0.375. The highest BCUT2D eigenvalue weighted by Gasteiger charge is 2.29. The third kappa shape index (κ3) is 5.47. The number of nitrogens with zero attached hydrogens (tertiary/aromatic N) is 4. The molecule has 1 aromatic heterocycles. The third-order valence-corrected chi connectivity index (χ3v) is 5.99. The third-order valence-electron chi connectivity index (χ3n) is 5.74. The highest BCUT2D eigenvalue weighted by Crippen LogP contribution is 2.23. The van der Waals surface area contributed by atoms with Crippen molar-refractivity contribution in [1.82, 2.24) is 19.9 Å². The molecule has 1 unspecified atom stereocenters. The van der Waals surface area contributed by atoms with E-state index in [2.05, 4.69) is 15.0 Å². The van der Waals surface area contributed by atoms with Crippen LogP contribution in [0.5, 0.6) is 5.75 Å². The summed E-state index contributed by atoms with van der Waals surface area (Å²) in [4.78, 5) is 21.6. The van der Waals surface area contributed by atoms with Crippen LogP contribution in [0, 0.1) is 5.92 Å². The van der Waals surface area contributed by atoms with E-state index in [1.807, 2.05) is 43.4 Å². The molecule has 0 saturated carbocycles. The number of hydrogen-bond acceptors (Lipinski definition) is 6. The minimum Gasteiger partial charge on any atom is -0.497 e. The fourth-order valence-corrected chi connectivity index (χ4v) is 4.15. The number of aromatic nitrogens is 2. The summed E-state index contributed by atoms with van der Waals surface area (Å²) in [5, 5.41) is 4.75. The van der Waals surface area contributed by atoms with Crippen LogP contribution in [0.1, 0.15) is 24.3 Å². The maximum Gasteiger partial charge on any atom is 0.241 e. The average molecular weight is 455 g/mol. The predicted octanol–water partition coefficient (Wildman–Crippen LogP) is 4.27. The second kappa shape index (κ2) is 10.1. The molecule has 0 N–H and O–H groups in total. The van der Waals surface area contributed by atoms with E-state index in [0.717, 1.165) is 36.3 Å². The number of hydrogen-bond donors (Lipinski definition) is 0. The second-order valence-electron chi connectivity index (χ2n) is 8.14. The van der Waals surface area contributed by atoms with Crippen molar-refractivity contribution >= 4 is 17.5 Å². The van der Waals surface area contributed by atoms with Gasteiger partial charge >= 0.3 is 0 Å². The summed E-state index contributed by atoms with van der Waals surface area (Å²) >= 11 is 5.95. The molecule has 1 amide bonds. The van der Waals surface area contributed by atoms with E-state index in [0.29, 0.717) is 36.4 Å². The average Bonchev–Trinajstić information content (AvgIpc) is 3.28. The molecule has 0 aliphatic carbocycles. The van der Waals surface area contributed by atoms with Gasteiger partial charge in [-0.25, -0.2) is 0 Å². The van der Waals surface area contributed by atoms with Crippen molar-refractivity contribution < 1.29 is 14.1 Å². The Morgan fingerprint density at radius 1 is 1.22 bits per heavy atom. The van der Waals surface area contributed by atoms with Crippen molar-refractivity contribution in [2.45, 2.75) is 25.9 Å². The van der Waals surface area contributed by atoms with Gasteiger partial charge in [0.2, 0.25) is 17.6 Å². The zero-order chi connectivity index (χ0) is 22.5. The molecule has 1 aliphatic rings. The molecule has 4 rings (SSSR count). The molecule has 7 nitrogen and oxygen atoms in total. The molecule has 0 bridgehead atoms. The minimum absolute atomic E-state index is 0.0364. The molecule has 1 aliphatic heterocycles. The van der Waals surface area contributed by atoms with Gasteiger partial charge in [-0.05, 0) is 61.3 Å². The zero-order valence-electron chi connectivity index (χ0n) is 18.3. The highest BCUT2D eigenvalue weighted by molar-refractivity contribution is 6.30. The predicted molar refractivity (Wildman–Crippen MR) is 122 cm³/mol. The van der Waals surface area contributed by atoms with E-state index in [9.17, 15) is 4.79 Å². The van der Waals surface area contributed by atoms with Crippen LogP contribution in [0.3, 0.4) is 0 Å². The van der Waals surface area contributed by atoms with Crippen LogP contribution in [0.2, 0.25) is 5.02 Å². The number of rotatable bonds is 7. The first-order valence-electron chi connectivity index (χ1n) is 10.7. The normalized spacial score (nSPS) is 16.7. The molecule has 0 radical (unpaired) electrons. The Hall–Kier alpha value is -2.90. The number of benzene rings is 2. The Bertz CT molecular complexity index is 1040. The summed E-state index contributed by atoms with van der Waals surface area (Å²) in [6.07, 6.45) is 1.85. The monoisotopic (exact) mass is 454 g/mol. The Balaban J connectivity index is 1.33. The van der Waals surface area contributed by atoms with Crippen molar-refractivity contribution in [3.05, 3.63) is 65.0 Å². The second-order valence-corrected chi connectivity index (χ2v) is 8.57. The molecule has 2 aromatic carbocycles. The number of piperidine rings is 1. The first-order chi connectivity index (χ1) is 15.5. The number of likely N-dealkylation sites (tertiary alicyclic amines) is 1. The fourth-order valence-electron chi connectivity index (χ4n) is 4.02. The highest BCUT2D eigenvalue weighted by atomic mass is 35.5. The van der Waals surface area contributed by atoms with E-state index in [1.54, 1.807) is 24.1 Å². The Kier molecular flexibility index (Phi) is 7.07. The van der Waals surface area contributed by atoms with Crippen molar-refractivity contribution in [3.63, 3.8) is 0 Å². The maximum absolute atomic E-state index is 13.1. The van der Waals surface area contributed by atoms with Crippen molar-refractivity contribution in [2.24, 2.45) is 5.92 Å². The van der Waals surface area contributed by atoms with Gasteiger partial charge in [-0.3, -0.25) is 9.69 Å². The van der Waals surface area contributed by atoms with Crippen molar-refractivity contribution in [2.75, 3.05) is 27.2 Å². The van der Waals surface area contributed by atoms with Crippen LogP contribution in [-0.2, 0) is 17.9 Å².